The summed E-state index contributed by atoms with van der Waals surface area (Å²) in [6, 6.07) is 18.0. The molecule has 3 aromatic rings. The third-order valence-electron chi connectivity index (χ3n) is 6.00. The van der Waals surface area contributed by atoms with Gasteiger partial charge in [0.05, 0.1) is 12.9 Å². The molecule has 2 heterocycles. The normalized spacial score (nSPS) is 14.8. The van der Waals surface area contributed by atoms with Gasteiger partial charge in [-0.05, 0) is 45.0 Å². The van der Waals surface area contributed by atoms with Crippen molar-refractivity contribution in [2.75, 3.05) is 43.9 Å². The number of benzene rings is 2. The zero-order chi connectivity index (χ0) is 24.8. The standard InChI is InChI=1S/C26H33N5O3S/c1-19(2)31-25(20(3)34-23-12-8-11-22(17-23)33-4)27-28-26(31)35-18-24(32)30-15-13-29(14-16-30)21-9-6-5-7-10-21/h5-12,17,19-20H,13-16,18H2,1-4H3. The van der Waals surface area contributed by atoms with E-state index in [1.54, 1.807) is 7.11 Å². The highest BCUT2D eigenvalue weighted by Crippen LogP contribution is 2.29. The number of hydrogen-bond acceptors (Lipinski definition) is 7. The van der Waals surface area contributed by atoms with E-state index in [0.29, 0.717) is 11.5 Å². The van der Waals surface area contributed by atoms with Crippen molar-refractivity contribution >= 4 is 23.4 Å². The predicted octanol–water partition coefficient (Wildman–Crippen LogP) is 4.45. The lowest BCUT2D eigenvalue weighted by Gasteiger charge is -2.36. The molecule has 1 fully saturated rings. The average Bonchev–Trinajstić information content (AvgIpc) is 3.32. The van der Waals surface area contributed by atoms with E-state index in [2.05, 4.69) is 45.6 Å². The first-order valence-corrected chi connectivity index (χ1v) is 12.9. The minimum atomic E-state index is -0.312. The Hall–Kier alpha value is -3.20. The lowest BCUT2D eigenvalue weighted by Crippen LogP contribution is -2.49. The number of anilines is 1. The maximum atomic E-state index is 12.9. The van der Waals surface area contributed by atoms with Crippen molar-refractivity contribution in [3.8, 4) is 11.5 Å². The first kappa shape index (κ1) is 24.9. The lowest BCUT2D eigenvalue weighted by atomic mass is 10.2. The minimum absolute atomic E-state index is 0.128. The zero-order valence-electron chi connectivity index (χ0n) is 20.8. The molecule has 1 amide bonds. The highest BCUT2D eigenvalue weighted by Gasteiger charge is 2.25. The van der Waals surface area contributed by atoms with Crippen LogP contribution in [0.1, 0.15) is 38.7 Å². The molecule has 1 aliphatic heterocycles. The molecule has 1 atom stereocenters. The number of ether oxygens (including phenoxy) is 2. The molecule has 0 bridgehead atoms. The van der Waals surface area contributed by atoms with Crippen molar-refractivity contribution in [1.82, 2.24) is 19.7 Å². The summed E-state index contributed by atoms with van der Waals surface area (Å²) in [6.45, 7) is 9.25. The van der Waals surface area contributed by atoms with Gasteiger partial charge in [-0.1, -0.05) is 36.0 Å². The molecule has 1 aliphatic rings. The van der Waals surface area contributed by atoms with E-state index >= 15 is 0 Å². The van der Waals surface area contributed by atoms with Crippen LogP contribution in [-0.2, 0) is 4.79 Å². The number of thioether (sulfide) groups is 1. The lowest BCUT2D eigenvalue weighted by molar-refractivity contribution is -0.128. The number of piperazine rings is 1. The van der Waals surface area contributed by atoms with E-state index in [0.717, 1.165) is 42.9 Å². The van der Waals surface area contributed by atoms with Crippen molar-refractivity contribution in [3.05, 3.63) is 60.4 Å². The molecule has 4 rings (SSSR count). The molecule has 0 spiro atoms. The smallest absolute Gasteiger partial charge is 0.233 e. The van der Waals surface area contributed by atoms with Crippen LogP contribution >= 0.6 is 11.8 Å². The highest BCUT2D eigenvalue weighted by molar-refractivity contribution is 7.99. The number of rotatable bonds is 9. The molecular weight excluding hydrogens is 462 g/mol. The summed E-state index contributed by atoms with van der Waals surface area (Å²) in [5.74, 6) is 2.63. The van der Waals surface area contributed by atoms with Crippen LogP contribution in [0.25, 0.3) is 0 Å². The van der Waals surface area contributed by atoms with Gasteiger partial charge in [-0.15, -0.1) is 10.2 Å². The van der Waals surface area contributed by atoms with Crippen LogP contribution in [0.3, 0.4) is 0 Å². The number of amides is 1. The van der Waals surface area contributed by atoms with Crippen LogP contribution in [0.5, 0.6) is 11.5 Å². The molecule has 8 nitrogen and oxygen atoms in total. The fourth-order valence-electron chi connectivity index (χ4n) is 4.15. The predicted molar refractivity (Wildman–Crippen MR) is 138 cm³/mol. The van der Waals surface area contributed by atoms with Gasteiger partial charge in [0.1, 0.15) is 11.5 Å². The second-order valence-electron chi connectivity index (χ2n) is 8.74. The maximum Gasteiger partial charge on any atom is 0.233 e. The Morgan fingerprint density at radius 3 is 2.37 bits per heavy atom. The Bertz CT molecular complexity index is 1110. The molecule has 35 heavy (non-hydrogen) atoms. The first-order valence-electron chi connectivity index (χ1n) is 11.9. The molecule has 1 unspecified atom stereocenters. The summed E-state index contributed by atoms with van der Waals surface area (Å²) in [5, 5.41) is 9.54. The largest absolute Gasteiger partial charge is 0.497 e. The number of carbonyl (C=O) groups excluding carboxylic acids is 1. The molecule has 1 aromatic heterocycles. The summed E-state index contributed by atoms with van der Waals surface area (Å²) in [5.41, 5.74) is 1.21. The second kappa shape index (κ2) is 11.5. The zero-order valence-corrected chi connectivity index (χ0v) is 21.6. The topological polar surface area (TPSA) is 72.7 Å². The maximum absolute atomic E-state index is 12.9. The van der Waals surface area contributed by atoms with Gasteiger partial charge in [0.2, 0.25) is 5.91 Å². The third kappa shape index (κ3) is 6.08. The fraction of sp³-hybridized carbons (Fsp3) is 0.423. The van der Waals surface area contributed by atoms with Crippen molar-refractivity contribution < 1.29 is 14.3 Å². The Kier molecular flexibility index (Phi) is 8.17. The van der Waals surface area contributed by atoms with Crippen molar-refractivity contribution in [1.29, 1.82) is 0 Å². The van der Waals surface area contributed by atoms with Crippen LogP contribution in [-0.4, -0.2) is 64.6 Å². The number of methoxy groups -OCH3 is 1. The molecule has 0 N–H and O–H groups in total. The number of nitrogens with zero attached hydrogens (tertiary/aromatic N) is 5. The van der Waals surface area contributed by atoms with Crippen LogP contribution in [0.15, 0.2) is 59.8 Å². The van der Waals surface area contributed by atoms with Crippen molar-refractivity contribution in [3.63, 3.8) is 0 Å². The number of carbonyl (C=O) groups is 1. The van der Waals surface area contributed by atoms with Crippen LogP contribution < -0.4 is 14.4 Å². The van der Waals surface area contributed by atoms with E-state index in [1.807, 2.05) is 54.3 Å². The molecule has 186 valence electrons. The van der Waals surface area contributed by atoms with Gasteiger partial charge >= 0.3 is 0 Å². The van der Waals surface area contributed by atoms with E-state index in [-0.39, 0.29) is 18.1 Å². The monoisotopic (exact) mass is 495 g/mol. The van der Waals surface area contributed by atoms with Crippen molar-refractivity contribution in [2.24, 2.45) is 0 Å². The fourth-order valence-corrected chi connectivity index (χ4v) is 5.13. The van der Waals surface area contributed by atoms with Gasteiger partial charge in [-0.25, -0.2) is 0 Å². The molecule has 1 saturated heterocycles. The van der Waals surface area contributed by atoms with E-state index < -0.39 is 0 Å². The van der Waals surface area contributed by atoms with Gasteiger partial charge in [-0.2, -0.15) is 0 Å². The van der Waals surface area contributed by atoms with Crippen LogP contribution in [0.2, 0.25) is 0 Å². The summed E-state index contributed by atoms with van der Waals surface area (Å²) in [6.07, 6.45) is -0.312. The van der Waals surface area contributed by atoms with Gasteiger partial charge in [0, 0.05) is 44.0 Å². The molecule has 0 saturated carbocycles. The number of para-hydroxylation sites is 1. The molecular formula is C26H33N5O3S. The molecule has 9 heteroatoms. The Labute approximate surface area is 211 Å². The van der Waals surface area contributed by atoms with Gasteiger partial charge in [0.15, 0.2) is 17.1 Å². The first-order chi connectivity index (χ1) is 17.0. The molecule has 2 aromatic carbocycles. The average molecular weight is 496 g/mol. The summed E-state index contributed by atoms with van der Waals surface area (Å²) >= 11 is 1.43. The summed E-state index contributed by atoms with van der Waals surface area (Å²) in [4.78, 5) is 17.2. The molecule has 0 radical (unpaired) electrons. The van der Waals surface area contributed by atoms with Gasteiger partial charge in [-0.3, -0.25) is 4.79 Å². The number of aromatic nitrogens is 3. The summed E-state index contributed by atoms with van der Waals surface area (Å²) < 4.78 is 13.5. The Morgan fingerprint density at radius 2 is 1.69 bits per heavy atom. The third-order valence-corrected chi connectivity index (χ3v) is 6.93. The van der Waals surface area contributed by atoms with E-state index in [1.165, 1.54) is 17.4 Å². The second-order valence-corrected chi connectivity index (χ2v) is 9.68. The Morgan fingerprint density at radius 1 is 0.971 bits per heavy atom. The van der Waals surface area contributed by atoms with Crippen LogP contribution in [0.4, 0.5) is 5.69 Å². The van der Waals surface area contributed by atoms with E-state index in [9.17, 15) is 4.79 Å². The van der Waals surface area contributed by atoms with E-state index in [4.69, 9.17) is 9.47 Å². The van der Waals surface area contributed by atoms with Crippen LogP contribution in [0, 0.1) is 0 Å². The quantitative estimate of drug-likeness (QED) is 0.406. The highest BCUT2D eigenvalue weighted by atomic mass is 32.2. The minimum Gasteiger partial charge on any atom is -0.497 e. The van der Waals surface area contributed by atoms with Gasteiger partial charge in [0.25, 0.3) is 0 Å². The molecule has 0 aliphatic carbocycles. The number of hydrogen-bond donors (Lipinski definition) is 0. The SMILES string of the molecule is COc1cccc(OC(C)c2nnc(SCC(=O)N3CCN(c4ccccc4)CC3)n2C(C)C)c1. The Balaban J connectivity index is 1.36. The summed E-state index contributed by atoms with van der Waals surface area (Å²) in [7, 11) is 1.63. The van der Waals surface area contributed by atoms with Gasteiger partial charge < -0.3 is 23.8 Å². The van der Waals surface area contributed by atoms with Crippen molar-refractivity contribution in [2.45, 2.75) is 38.1 Å².